The van der Waals surface area contributed by atoms with Crippen LogP contribution < -0.4 is 5.32 Å². The molecule has 1 atom stereocenters. The van der Waals surface area contributed by atoms with Crippen LogP contribution in [0.3, 0.4) is 0 Å². The minimum Gasteiger partial charge on any atom is -0.350 e. The molecule has 0 heterocycles. The summed E-state index contributed by atoms with van der Waals surface area (Å²) in [6, 6.07) is 17.7. The zero-order valence-corrected chi connectivity index (χ0v) is 19.6. The number of rotatable bonds is 9. The van der Waals surface area contributed by atoms with Crippen LogP contribution in [-0.4, -0.2) is 34.0 Å². The Morgan fingerprint density at radius 2 is 1.67 bits per heavy atom. The molecule has 30 heavy (non-hydrogen) atoms. The van der Waals surface area contributed by atoms with Crippen LogP contribution in [-0.2, 0) is 21.9 Å². The van der Waals surface area contributed by atoms with Gasteiger partial charge >= 0.3 is 0 Å². The number of aryl methyl sites for hydroxylation is 1. The molecule has 2 amide bonds. The van der Waals surface area contributed by atoms with Crippen molar-refractivity contribution in [3.63, 3.8) is 0 Å². The fourth-order valence-corrected chi connectivity index (χ4v) is 4.13. The van der Waals surface area contributed by atoms with E-state index >= 15 is 0 Å². The van der Waals surface area contributed by atoms with Gasteiger partial charge < -0.3 is 10.2 Å². The highest BCUT2D eigenvalue weighted by Gasteiger charge is 2.30. The first-order chi connectivity index (χ1) is 14.2. The summed E-state index contributed by atoms with van der Waals surface area (Å²) >= 11 is 1.59. The van der Waals surface area contributed by atoms with Gasteiger partial charge in [0.05, 0.1) is 5.75 Å². The Kier molecular flexibility index (Phi) is 8.97. The fraction of sp³-hybridized carbons (Fsp3) is 0.440. The smallest absolute Gasteiger partial charge is 0.243 e. The van der Waals surface area contributed by atoms with Crippen molar-refractivity contribution >= 4 is 23.6 Å². The van der Waals surface area contributed by atoms with Crippen LogP contribution in [0.25, 0.3) is 0 Å². The molecule has 1 N–H and O–H groups in total. The maximum absolute atomic E-state index is 13.2. The molecule has 0 saturated carbocycles. The largest absolute Gasteiger partial charge is 0.350 e. The lowest BCUT2D eigenvalue weighted by atomic mass is 10.0. The third-order valence-electron chi connectivity index (χ3n) is 4.82. The van der Waals surface area contributed by atoms with E-state index in [1.807, 2.05) is 77.1 Å². The third kappa shape index (κ3) is 7.52. The van der Waals surface area contributed by atoms with Crippen molar-refractivity contribution < 1.29 is 9.59 Å². The summed E-state index contributed by atoms with van der Waals surface area (Å²) in [6.07, 6.45) is 0.572. The van der Waals surface area contributed by atoms with Crippen LogP contribution in [0.2, 0.25) is 0 Å². The number of carbonyl (C=O) groups is 2. The first-order valence-electron chi connectivity index (χ1n) is 10.5. The van der Waals surface area contributed by atoms with Gasteiger partial charge in [0, 0.05) is 17.8 Å². The van der Waals surface area contributed by atoms with Gasteiger partial charge in [0.15, 0.2) is 0 Å². The average molecular weight is 427 g/mol. The van der Waals surface area contributed by atoms with Crippen molar-refractivity contribution in [3.05, 3.63) is 71.3 Å². The van der Waals surface area contributed by atoms with E-state index in [1.165, 1.54) is 5.56 Å². The summed E-state index contributed by atoms with van der Waals surface area (Å²) in [5.74, 6) is 1.02. The van der Waals surface area contributed by atoms with E-state index < -0.39 is 6.04 Å². The molecule has 0 aliphatic rings. The Labute approximate surface area is 185 Å². The molecular weight excluding hydrogens is 392 g/mol. The highest BCUT2D eigenvalue weighted by atomic mass is 32.2. The molecule has 0 bridgehead atoms. The SMILES string of the molecule is CC[C@H](C(=O)NC(C)(C)C)N(Cc1ccccc1C)C(=O)CSCc1ccccc1. The molecule has 2 aromatic rings. The lowest BCUT2D eigenvalue weighted by Gasteiger charge is -2.33. The Bertz CT molecular complexity index is 831. The second kappa shape index (κ2) is 11.2. The van der Waals surface area contributed by atoms with Gasteiger partial charge in [-0.15, -0.1) is 11.8 Å². The number of amides is 2. The molecule has 5 heteroatoms. The number of benzene rings is 2. The summed E-state index contributed by atoms with van der Waals surface area (Å²) < 4.78 is 0. The molecule has 0 aromatic heterocycles. The summed E-state index contributed by atoms with van der Waals surface area (Å²) in [4.78, 5) is 28.0. The van der Waals surface area contributed by atoms with Gasteiger partial charge in [-0.1, -0.05) is 61.5 Å². The van der Waals surface area contributed by atoms with Crippen molar-refractivity contribution in [2.75, 3.05) is 5.75 Å². The van der Waals surface area contributed by atoms with Gasteiger partial charge in [-0.25, -0.2) is 0 Å². The molecule has 4 nitrogen and oxygen atoms in total. The second-order valence-electron chi connectivity index (χ2n) is 8.59. The van der Waals surface area contributed by atoms with E-state index in [-0.39, 0.29) is 17.4 Å². The monoisotopic (exact) mass is 426 g/mol. The zero-order valence-electron chi connectivity index (χ0n) is 18.8. The Hall–Kier alpha value is -2.27. The van der Waals surface area contributed by atoms with E-state index in [0.717, 1.165) is 16.9 Å². The van der Waals surface area contributed by atoms with Gasteiger partial charge in [0.25, 0.3) is 0 Å². The molecule has 0 saturated heterocycles. The fourth-order valence-electron chi connectivity index (χ4n) is 3.26. The van der Waals surface area contributed by atoms with E-state index in [4.69, 9.17) is 0 Å². The van der Waals surface area contributed by atoms with Crippen molar-refractivity contribution in [3.8, 4) is 0 Å². The molecule has 0 fully saturated rings. The molecule has 162 valence electrons. The number of carbonyl (C=O) groups excluding carboxylic acids is 2. The Balaban J connectivity index is 2.17. The van der Waals surface area contributed by atoms with E-state index in [9.17, 15) is 9.59 Å². The normalized spacial score (nSPS) is 12.3. The first kappa shape index (κ1) is 24.0. The topological polar surface area (TPSA) is 49.4 Å². The van der Waals surface area contributed by atoms with Gasteiger partial charge in [-0.05, 0) is 50.8 Å². The van der Waals surface area contributed by atoms with Crippen LogP contribution in [0.15, 0.2) is 54.6 Å². The van der Waals surface area contributed by atoms with Crippen molar-refractivity contribution in [1.82, 2.24) is 10.2 Å². The van der Waals surface area contributed by atoms with Gasteiger partial charge in [-0.2, -0.15) is 0 Å². The Morgan fingerprint density at radius 3 is 2.27 bits per heavy atom. The molecule has 0 spiro atoms. The van der Waals surface area contributed by atoms with Crippen LogP contribution in [0.4, 0.5) is 0 Å². The van der Waals surface area contributed by atoms with Crippen LogP contribution >= 0.6 is 11.8 Å². The summed E-state index contributed by atoms with van der Waals surface area (Å²) in [7, 11) is 0. The number of nitrogens with one attached hydrogen (secondary N) is 1. The minimum atomic E-state index is -0.492. The van der Waals surface area contributed by atoms with Crippen LogP contribution in [0, 0.1) is 6.92 Å². The maximum Gasteiger partial charge on any atom is 0.243 e. The lowest BCUT2D eigenvalue weighted by Crippen LogP contribution is -2.53. The van der Waals surface area contributed by atoms with Gasteiger partial charge in [0.1, 0.15) is 6.04 Å². The highest BCUT2D eigenvalue weighted by molar-refractivity contribution is 7.99. The third-order valence-corrected chi connectivity index (χ3v) is 5.81. The van der Waals surface area contributed by atoms with Crippen molar-refractivity contribution in [2.24, 2.45) is 0 Å². The van der Waals surface area contributed by atoms with Crippen molar-refractivity contribution in [2.45, 2.75) is 64.9 Å². The first-order valence-corrected chi connectivity index (χ1v) is 11.6. The van der Waals surface area contributed by atoms with E-state index in [1.54, 1.807) is 16.7 Å². The summed E-state index contributed by atoms with van der Waals surface area (Å²) in [5, 5.41) is 3.05. The summed E-state index contributed by atoms with van der Waals surface area (Å²) in [5.41, 5.74) is 3.04. The maximum atomic E-state index is 13.2. The van der Waals surface area contributed by atoms with Crippen LogP contribution in [0.1, 0.15) is 50.8 Å². The van der Waals surface area contributed by atoms with E-state index in [2.05, 4.69) is 17.4 Å². The Morgan fingerprint density at radius 1 is 1.03 bits per heavy atom. The number of thioether (sulfide) groups is 1. The predicted octanol–water partition coefficient (Wildman–Crippen LogP) is 4.95. The molecule has 2 rings (SSSR count). The van der Waals surface area contributed by atoms with Gasteiger partial charge in [-0.3, -0.25) is 9.59 Å². The quantitative estimate of drug-likeness (QED) is 0.617. The lowest BCUT2D eigenvalue weighted by molar-refractivity contribution is -0.140. The highest BCUT2D eigenvalue weighted by Crippen LogP contribution is 2.19. The minimum absolute atomic E-state index is 0.00454. The van der Waals surface area contributed by atoms with Crippen molar-refractivity contribution in [1.29, 1.82) is 0 Å². The summed E-state index contributed by atoms with van der Waals surface area (Å²) in [6.45, 7) is 10.3. The average Bonchev–Trinajstić information content (AvgIpc) is 2.68. The number of nitrogens with zero attached hydrogens (tertiary/aromatic N) is 1. The number of hydrogen-bond acceptors (Lipinski definition) is 3. The molecule has 0 unspecified atom stereocenters. The molecule has 2 aromatic carbocycles. The zero-order chi connectivity index (χ0) is 22.1. The molecular formula is C25H34N2O2S. The number of hydrogen-bond donors (Lipinski definition) is 1. The van der Waals surface area contributed by atoms with Crippen LogP contribution in [0.5, 0.6) is 0 Å². The molecule has 0 aliphatic heterocycles. The van der Waals surface area contributed by atoms with E-state index in [0.29, 0.717) is 18.7 Å². The predicted molar refractivity (Wildman–Crippen MR) is 126 cm³/mol. The molecule has 0 radical (unpaired) electrons. The van der Waals surface area contributed by atoms with Gasteiger partial charge in [0.2, 0.25) is 11.8 Å². The standard InChI is InChI=1S/C25H34N2O2S/c1-6-22(24(29)26-25(3,4)5)27(16-21-15-11-10-12-19(21)2)23(28)18-30-17-20-13-8-7-9-14-20/h7-15,22H,6,16-18H2,1-5H3,(H,26,29)/t22-/m1/s1. The second-order valence-corrected chi connectivity index (χ2v) is 9.58. The molecule has 0 aliphatic carbocycles.